The smallest absolute Gasteiger partial charge is 0.0169 e. The largest absolute Gasteiger partial charge is 0.309 e. The number of nitrogens with one attached hydrogen (secondary N) is 1. The molecule has 1 heterocycles. The third kappa shape index (κ3) is 3.27. The van der Waals surface area contributed by atoms with Crippen LogP contribution in [0.4, 0.5) is 0 Å². The minimum Gasteiger partial charge on any atom is -0.309 e. The van der Waals surface area contributed by atoms with Crippen LogP contribution in [0.25, 0.3) is 0 Å². The van der Waals surface area contributed by atoms with E-state index in [0.717, 1.165) is 12.0 Å². The predicted octanol–water partition coefficient (Wildman–Crippen LogP) is 3.27. The third-order valence-corrected chi connectivity index (χ3v) is 4.90. The lowest BCUT2D eigenvalue weighted by atomic mass is 9.69. The van der Waals surface area contributed by atoms with E-state index in [1.807, 2.05) is 0 Å². The summed E-state index contributed by atoms with van der Waals surface area (Å²) < 4.78 is 0. The van der Waals surface area contributed by atoms with Crippen molar-refractivity contribution >= 4 is 0 Å². The van der Waals surface area contributed by atoms with Gasteiger partial charge in [0.25, 0.3) is 0 Å². The predicted molar refractivity (Wildman–Crippen MR) is 78.8 cm³/mol. The fourth-order valence-corrected chi connectivity index (χ4v) is 4.20. The van der Waals surface area contributed by atoms with Gasteiger partial charge in [-0.25, -0.2) is 0 Å². The average Bonchev–Trinajstić information content (AvgIpc) is 2.26. The molecule has 0 radical (unpaired) electrons. The number of hydrogen-bond acceptors (Lipinski definition) is 2. The quantitative estimate of drug-likeness (QED) is 0.770. The molecule has 0 aromatic carbocycles. The van der Waals surface area contributed by atoms with E-state index in [9.17, 15) is 0 Å². The molecule has 2 heteroatoms. The minimum absolute atomic E-state index is 0.461. The van der Waals surface area contributed by atoms with E-state index in [2.05, 4.69) is 44.8 Å². The molecule has 0 aromatic rings. The Morgan fingerprint density at radius 2 is 1.50 bits per heavy atom. The lowest BCUT2D eigenvalue weighted by Gasteiger charge is -2.49. The molecule has 0 aromatic heterocycles. The average molecular weight is 252 g/mol. The molecule has 0 amide bonds. The zero-order valence-corrected chi connectivity index (χ0v) is 13.0. The van der Waals surface area contributed by atoms with Gasteiger partial charge in [-0.3, -0.25) is 4.90 Å². The molecule has 4 atom stereocenters. The number of piperazine rings is 1. The van der Waals surface area contributed by atoms with Crippen molar-refractivity contribution in [2.45, 2.75) is 78.4 Å². The maximum atomic E-state index is 3.66. The van der Waals surface area contributed by atoms with Gasteiger partial charge < -0.3 is 5.32 Å². The first-order valence-corrected chi connectivity index (χ1v) is 7.88. The summed E-state index contributed by atoms with van der Waals surface area (Å²) in [6.07, 6.45) is 5.72. The van der Waals surface area contributed by atoms with Gasteiger partial charge in [0.05, 0.1) is 0 Å². The molecule has 0 spiro atoms. The summed E-state index contributed by atoms with van der Waals surface area (Å²) in [7, 11) is 0. The van der Waals surface area contributed by atoms with Crippen LogP contribution in [0.2, 0.25) is 0 Å². The summed E-state index contributed by atoms with van der Waals surface area (Å²) in [5, 5.41) is 3.66. The molecule has 2 aliphatic rings. The van der Waals surface area contributed by atoms with Crippen molar-refractivity contribution in [3.05, 3.63) is 0 Å². The van der Waals surface area contributed by atoms with E-state index < -0.39 is 0 Å². The summed E-state index contributed by atoms with van der Waals surface area (Å²) in [6.45, 7) is 14.4. The Balaban J connectivity index is 2.08. The van der Waals surface area contributed by atoms with E-state index in [4.69, 9.17) is 0 Å². The molecule has 1 aliphatic heterocycles. The van der Waals surface area contributed by atoms with Gasteiger partial charge in [-0.1, -0.05) is 33.6 Å². The number of nitrogens with zero attached hydrogens (tertiary/aromatic N) is 1. The normalized spacial score (nSPS) is 39.8. The Labute approximate surface area is 114 Å². The molecule has 2 nitrogen and oxygen atoms in total. The van der Waals surface area contributed by atoms with Crippen LogP contribution in [0.1, 0.15) is 60.3 Å². The monoisotopic (exact) mass is 252 g/mol. The van der Waals surface area contributed by atoms with Crippen LogP contribution in [-0.2, 0) is 0 Å². The molecule has 1 saturated heterocycles. The van der Waals surface area contributed by atoms with Gasteiger partial charge in [0, 0.05) is 31.2 Å². The minimum atomic E-state index is 0.461. The molecule has 1 aliphatic carbocycles. The van der Waals surface area contributed by atoms with Crippen LogP contribution < -0.4 is 5.32 Å². The van der Waals surface area contributed by atoms with Gasteiger partial charge in [0.1, 0.15) is 0 Å². The molecular formula is C16H32N2. The fraction of sp³-hybridized carbons (Fsp3) is 1.00. The fourth-order valence-electron chi connectivity index (χ4n) is 4.20. The van der Waals surface area contributed by atoms with Crippen LogP contribution in [-0.4, -0.2) is 36.1 Å². The van der Waals surface area contributed by atoms with Gasteiger partial charge in [0.2, 0.25) is 0 Å². The Kier molecular flexibility index (Phi) is 4.38. The highest BCUT2D eigenvalue weighted by atomic mass is 15.2. The first kappa shape index (κ1) is 14.3. The van der Waals surface area contributed by atoms with Crippen molar-refractivity contribution in [1.29, 1.82) is 0 Å². The topological polar surface area (TPSA) is 15.3 Å². The molecule has 0 bridgehead atoms. The molecular weight excluding hydrogens is 220 g/mol. The summed E-state index contributed by atoms with van der Waals surface area (Å²) >= 11 is 0. The highest BCUT2D eigenvalue weighted by molar-refractivity contribution is 4.93. The van der Waals surface area contributed by atoms with Crippen molar-refractivity contribution in [2.24, 2.45) is 11.3 Å². The van der Waals surface area contributed by atoms with Crippen LogP contribution in [0.5, 0.6) is 0 Å². The van der Waals surface area contributed by atoms with E-state index in [1.165, 1.54) is 38.8 Å². The molecule has 18 heavy (non-hydrogen) atoms. The maximum absolute atomic E-state index is 3.66. The Morgan fingerprint density at radius 1 is 0.944 bits per heavy atom. The van der Waals surface area contributed by atoms with Gasteiger partial charge in [0.15, 0.2) is 0 Å². The van der Waals surface area contributed by atoms with Crippen LogP contribution >= 0.6 is 0 Å². The first-order valence-electron chi connectivity index (χ1n) is 7.88. The lowest BCUT2D eigenvalue weighted by molar-refractivity contribution is 0.0172. The summed E-state index contributed by atoms with van der Waals surface area (Å²) in [5.41, 5.74) is 0.461. The van der Waals surface area contributed by atoms with Crippen LogP contribution in [0.15, 0.2) is 0 Å². The third-order valence-electron chi connectivity index (χ3n) is 4.90. The maximum Gasteiger partial charge on any atom is 0.0169 e. The van der Waals surface area contributed by atoms with E-state index in [0.29, 0.717) is 17.5 Å². The van der Waals surface area contributed by atoms with E-state index in [1.54, 1.807) is 0 Å². The molecule has 2 rings (SSSR count). The number of hydrogen-bond donors (Lipinski definition) is 1. The summed E-state index contributed by atoms with van der Waals surface area (Å²) in [4.78, 5) is 2.79. The van der Waals surface area contributed by atoms with Crippen molar-refractivity contribution in [3.63, 3.8) is 0 Å². The molecule has 106 valence electrons. The van der Waals surface area contributed by atoms with Crippen LogP contribution in [0.3, 0.4) is 0 Å². The Hall–Kier alpha value is -0.0800. The second-order valence-corrected chi connectivity index (χ2v) is 7.75. The molecule has 2 fully saturated rings. The van der Waals surface area contributed by atoms with Crippen LogP contribution in [0, 0.1) is 11.3 Å². The Bertz CT molecular complexity index is 259. The summed E-state index contributed by atoms with van der Waals surface area (Å²) in [5.74, 6) is 0.878. The second-order valence-electron chi connectivity index (χ2n) is 7.75. The van der Waals surface area contributed by atoms with Crippen molar-refractivity contribution in [1.82, 2.24) is 10.2 Å². The van der Waals surface area contributed by atoms with Crippen molar-refractivity contribution < 1.29 is 0 Å². The SMILES string of the molecule is CC1CN(C2CCCCC2C(C)(C)C)CC(C)N1. The second kappa shape index (κ2) is 5.50. The zero-order chi connectivity index (χ0) is 13.3. The highest BCUT2D eigenvalue weighted by Gasteiger charge is 2.38. The molecule has 1 saturated carbocycles. The summed E-state index contributed by atoms with van der Waals surface area (Å²) in [6, 6.07) is 2.12. The van der Waals surface area contributed by atoms with Crippen molar-refractivity contribution in [3.8, 4) is 0 Å². The first-order chi connectivity index (χ1) is 8.38. The highest BCUT2D eigenvalue weighted by Crippen LogP contribution is 2.40. The number of rotatable bonds is 1. The molecule has 4 unspecified atom stereocenters. The zero-order valence-electron chi connectivity index (χ0n) is 13.0. The van der Waals surface area contributed by atoms with Gasteiger partial charge in [-0.2, -0.15) is 0 Å². The van der Waals surface area contributed by atoms with Gasteiger partial charge in [-0.05, 0) is 38.0 Å². The lowest BCUT2D eigenvalue weighted by Crippen LogP contribution is -2.59. The molecule has 1 N–H and O–H groups in total. The van der Waals surface area contributed by atoms with Gasteiger partial charge in [-0.15, -0.1) is 0 Å². The van der Waals surface area contributed by atoms with E-state index >= 15 is 0 Å². The van der Waals surface area contributed by atoms with Crippen molar-refractivity contribution in [2.75, 3.05) is 13.1 Å². The standard InChI is InChI=1S/C16H32N2/c1-12-10-18(11-13(2)17-12)15-9-7-6-8-14(15)16(3,4)5/h12-15,17H,6-11H2,1-5H3. The van der Waals surface area contributed by atoms with Gasteiger partial charge >= 0.3 is 0 Å². The van der Waals surface area contributed by atoms with E-state index in [-0.39, 0.29) is 0 Å². The Morgan fingerprint density at radius 3 is 2.06 bits per heavy atom.